The van der Waals surface area contributed by atoms with E-state index in [0.29, 0.717) is 0 Å². The van der Waals surface area contributed by atoms with E-state index in [1.807, 2.05) is 48.5 Å². The Hall–Kier alpha value is -3.56. The van der Waals surface area contributed by atoms with Crippen LogP contribution in [0.1, 0.15) is 43.7 Å². The average Bonchev–Trinajstić information content (AvgIpc) is 3.09. The summed E-state index contributed by atoms with van der Waals surface area (Å²) in [6.07, 6.45) is -7.74. The standard InChI is InChI=1S/C25H27F3N2O5/c1-14(2)20(11-23(32)33)29-22(31)12-21(25(26,27)28)30-24(34)35-13-19-17-9-5-3-7-15(17)16-8-4-6-10-18(16)19/h3-10,14,19-21H,11-13H2,1-2H3,(H,29,31)(H,30,34)(H,32,33)/t20-,21?/m1/s1. The Morgan fingerprint density at radius 3 is 1.97 bits per heavy atom. The number of amides is 2. The van der Waals surface area contributed by atoms with Gasteiger partial charge in [0, 0.05) is 12.0 Å². The molecular weight excluding hydrogens is 465 g/mol. The monoisotopic (exact) mass is 492 g/mol. The number of alkyl halides is 3. The zero-order valence-electron chi connectivity index (χ0n) is 19.3. The van der Waals surface area contributed by atoms with Crippen LogP contribution in [0.15, 0.2) is 48.5 Å². The number of halogens is 3. The molecule has 0 fully saturated rings. The Morgan fingerprint density at radius 2 is 1.49 bits per heavy atom. The molecule has 0 aliphatic heterocycles. The van der Waals surface area contributed by atoms with Gasteiger partial charge >= 0.3 is 18.2 Å². The van der Waals surface area contributed by atoms with Crippen molar-refractivity contribution in [1.29, 1.82) is 0 Å². The smallest absolute Gasteiger partial charge is 0.409 e. The fraction of sp³-hybridized carbons (Fsp3) is 0.400. The van der Waals surface area contributed by atoms with Crippen LogP contribution in [0.3, 0.4) is 0 Å². The predicted octanol–water partition coefficient (Wildman–Crippen LogP) is 4.46. The molecule has 35 heavy (non-hydrogen) atoms. The summed E-state index contributed by atoms with van der Waals surface area (Å²) in [6.45, 7) is 3.11. The van der Waals surface area contributed by atoms with Gasteiger partial charge in [0.1, 0.15) is 12.6 Å². The summed E-state index contributed by atoms with van der Waals surface area (Å²) >= 11 is 0. The highest BCUT2D eigenvalue weighted by atomic mass is 19.4. The lowest BCUT2D eigenvalue weighted by Gasteiger charge is -2.24. The third kappa shape index (κ3) is 6.52. The highest BCUT2D eigenvalue weighted by Gasteiger charge is 2.43. The van der Waals surface area contributed by atoms with Crippen molar-refractivity contribution in [3.63, 3.8) is 0 Å². The highest BCUT2D eigenvalue weighted by molar-refractivity contribution is 5.80. The summed E-state index contributed by atoms with van der Waals surface area (Å²) in [6, 6.07) is 11.7. The van der Waals surface area contributed by atoms with Gasteiger partial charge in [-0.05, 0) is 28.2 Å². The normalized spacial score (nSPS) is 14.6. The second-order valence-electron chi connectivity index (χ2n) is 8.78. The van der Waals surface area contributed by atoms with Crippen molar-refractivity contribution in [2.45, 2.75) is 50.9 Å². The number of hydrogen-bond acceptors (Lipinski definition) is 4. The maximum atomic E-state index is 13.5. The van der Waals surface area contributed by atoms with Gasteiger partial charge in [0.2, 0.25) is 5.91 Å². The van der Waals surface area contributed by atoms with Gasteiger partial charge < -0.3 is 20.5 Å². The van der Waals surface area contributed by atoms with Crippen molar-refractivity contribution in [2.24, 2.45) is 5.92 Å². The predicted molar refractivity (Wildman–Crippen MR) is 122 cm³/mol. The lowest BCUT2D eigenvalue weighted by molar-refractivity contribution is -0.160. The summed E-state index contributed by atoms with van der Waals surface area (Å²) in [7, 11) is 0. The maximum absolute atomic E-state index is 13.5. The van der Waals surface area contributed by atoms with Gasteiger partial charge in [-0.1, -0.05) is 62.4 Å². The fourth-order valence-corrected chi connectivity index (χ4v) is 4.12. The largest absolute Gasteiger partial charge is 0.481 e. The van der Waals surface area contributed by atoms with E-state index in [4.69, 9.17) is 9.84 Å². The van der Waals surface area contributed by atoms with E-state index in [1.54, 1.807) is 19.2 Å². The van der Waals surface area contributed by atoms with Crippen molar-refractivity contribution in [3.8, 4) is 11.1 Å². The summed E-state index contributed by atoms with van der Waals surface area (Å²) in [5.41, 5.74) is 3.77. The van der Waals surface area contributed by atoms with Crippen LogP contribution in [-0.4, -0.2) is 47.9 Å². The number of aliphatic carboxylic acids is 1. The fourth-order valence-electron chi connectivity index (χ4n) is 4.12. The van der Waals surface area contributed by atoms with Crippen molar-refractivity contribution in [2.75, 3.05) is 6.61 Å². The van der Waals surface area contributed by atoms with Crippen LogP contribution in [0.5, 0.6) is 0 Å². The molecule has 0 saturated carbocycles. The van der Waals surface area contributed by atoms with Crippen LogP contribution in [0.25, 0.3) is 11.1 Å². The first-order valence-corrected chi connectivity index (χ1v) is 11.2. The number of carbonyl (C=O) groups is 3. The molecule has 0 heterocycles. The van der Waals surface area contributed by atoms with Crippen LogP contribution < -0.4 is 10.6 Å². The Morgan fingerprint density at radius 1 is 0.943 bits per heavy atom. The van der Waals surface area contributed by atoms with Crippen molar-refractivity contribution < 1.29 is 37.4 Å². The molecule has 1 aliphatic carbocycles. The minimum Gasteiger partial charge on any atom is -0.481 e. The van der Waals surface area contributed by atoms with Crippen molar-refractivity contribution in [3.05, 3.63) is 59.7 Å². The number of alkyl carbamates (subject to hydrolysis) is 1. The number of nitrogens with one attached hydrogen (secondary N) is 2. The van der Waals surface area contributed by atoms with Crippen LogP contribution in [0, 0.1) is 5.92 Å². The molecule has 3 rings (SSSR count). The molecule has 7 nitrogen and oxygen atoms in total. The molecule has 0 spiro atoms. The van der Waals surface area contributed by atoms with E-state index in [-0.39, 0.29) is 18.4 Å². The number of rotatable bonds is 9. The second kappa shape index (κ2) is 10.8. The summed E-state index contributed by atoms with van der Waals surface area (Å²) < 4.78 is 45.8. The van der Waals surface area contributed by atoms with Crippen molar-refractivity contribution in [1.82, 2.24) is 10.6 Å². The first-order valence-electron chi connectivity index (χ1n) is 11.2. The minimum absolute atomic E-state index is 0.176. The Kier molecular flexibility index (Phi) is 8.03. The van der Waals surface area contributed by atoms with Crippen LogP contribution in [0.4, 0.5) is 18.0 Å². The first-order chi connectivity index (χ1) is 16.5. The molecule has 0 saturated heterocycles. The number of carboxylic acid groups (broad SMARTS) is 1. The molecule has 0 radical (unpaired) electrons. The van der Waals surface area contributed by atoms with Crippen LogP contribution in [-0.2, 0) is 14.3 Å². The summed E-state index contributed by atoms with van der Waals surface area (Å²) in [4.78, 5) is 35.5. The van der Waals surface area contributed by atoms with Crippen LogP contribution in [0.2, 0.25) is 0 Å². The number of carbonyl (C=O) groups excluding carboxylic acids is 2. The molecule has 0 aromatic heterocycles. The van der Waals surface area contributed by atoms with E-state index in [0.717, 1.165) is 22.3 Å². The van der Waals surface area contributed by atoms with Gasteiger partial charge in [0.25, 0.3) is 0 Å². The molecule has 0 bridgehead atoms. The minimum atomic E-state index is -4.91. The van der Waals surface area contributed by atoms with E-state index in [1.165, 1.54) is 0 Å². The van der Waals surface area contributed by atoms with E-state index >= 15 is 0 Å². The lowest BCUT2D eigenvalue weighted by Crippen LogP contribution is -2.50. The third-order valence-corrected chi connectivity index (χ3v) is 5.97. The highest BCUT2D eigenvalue weighted by Crippen LogP contribution is 2.44. The molecule has 188 valence electrons. The number of hydrogen-bond donors (Lipinski definition) is 3. The Balaban J connectivity index is 1.64. The van der Waals surface area contributed by atoms with Gasteiger partial charge in [-0.3, -0.25) is 9.59 Å². The Bertz CT molecular complexity index is 1040. The maximum Gasteiger partial charge on any atom is 0.409 e. The SMILES string of the molecule is CC(C)[C@@H](CC(=O)O)NC(=O)CC(NC(=O)OCC1c2ccccc2-c2ccccc21)C(F)(F)F. The average molecular weight is 492 g/mol. The van der Waals surface area contributed by atoms with Crippen molar-refractivity contribution >= 4 is 18.0 Å². The molecule has 1 unspecified atom stereocenters. The zero-order chi connectivity index (χ0) is 25.8. The number of ether oxygens (including phenoxy) is 1. The molecule has 2 aromatic carbocycles. The van der Waals surface area contributed by atoms with E-state index < -0.39 is 49.1 Å². The number of fused-ring (bicyclic) bond motifs is 3. The third-order valence-electron chi connectivity index (χ3n) is 5.97. The summed E-state index contributed by atoms with van der Waals surface area (Å²) in [5.74, 6) is -2.85. The molecule has 2 aromatic rings. The van der Waals surface area contributed by atoms with E-state index in [9.17, 15) is 27.6 Å². The van der Waals surface area contributed by atoms with Gasteiger partial charge in [0.15, 0.2) is 0 Å². The Labute approximate surface area is 200 Å². The first kappa shape index (κ1) is 26.1. The quantitative estimate of drug-likeness (QED) is 0.479. The zero-order valence-corrected chi connectivity index (χ0v) is 19.3. The van der Waals surface area contributed by atoms with E-state index in [2.05, 4.69) is 5.32 Å². The lowest BCUT2D eigenvalue weighted by atomic mass is 9.98. The van der Waals surface area contributed by atoms with Gasteiger partial charge in [0.05, 0.1) is 12.8 Å². The molecule has 3 N–H and O–H groups in total. The van der Waals surface area contributed by atoms with Gasteiger partial charge in [-0.25, -0.2) is 4.79 Å². The molecular formula is C25H27F3N2O5. The number of benzene rings is 2. The van der Waals surface area contributed by atoms with Gasteiger partial charge in [-0.15, -0.1) is 0 Å². The molecule has 10 heteroatoms. The molecule has 2 atom stereocenters. The van der Waals surface area contributed by atoms with Crippen LogP contribution >= 0.6 is 0 Å². The van der Waals surface area contributed by atoms with Gasteiger partial charge in [-0.2, -0.15) is 13.2 Å². The molecule has 1 aliphatic rings. The second-order valence-corrected chi connectivity index (χ2v) is 8.78. The molecule has 2 amide bonds. The number of carboxylic acids is 1. The summed E-state index contributed by atoms with van der Waals surface area (Å²) in [5, 5.41) is 13.0. The topological polar surface area (TPSA) is 105 Å².